The number of sulfonamides is 1. The van der Waals surface area contributed by atoms with Gasteiger partial charge in [0.15, 0.2) is 6.61 Å². The fourth-order valence-corrected chi connectivity index (χ4v) is 1.52. The van der Waals surface area contributed by atoms with E-state index < -0.39 is 15.9 Å². The monoisotopic (exact) mass is 273 g/mol. The van der Waals surface area contributed by atoms with Gasteiger partial charge in [-0.2, -0.15) is 0 Å². The van der Waals surface area contributed by atoms with Crippen molar-refractivity contribution >= 4 is 21.6 Å². The van der Waals surface area contributed by atoms with Gasteiger partial charge in [-0.25, -0.2) is 13.6 Å². The molecule has 0 heterocycles. The number of nitrogens with one attached hydrogen (secondary N) is 1. The van der Waals surface area contributed by atoms with Crippen LogP contribution in [0.2, 0.25) is 0 Å². The largest absolute Gasteiger partial charge is 0.484 e. The second-order valence-electron chi connectivity index (χ2n) is 3.58. The lowest BCUT2D eigenvalue weighted by atomic mass is 10.3. The highest BCUT2D eigenvalue weighted by atomic mass is 32.2. The molecule has 0 unspecified atom stereocenters. The van der Waals surface area contributed by atoms with Crippen LogP contribution in [0.25, 0.3) is 0 Å². The van der Waals surface area contributed by atoms with E-state index in [0.717, 1.165) is 0 Å². The summed E-state index contributed by atoms with van der Waals surface area (Å²) in [5.41, 5.74) is 6.06. The number of primary sulfonamides is 1. The number of hydrogen-bond acceptors (Lipinski definition) is 5. The molecule has 0 atom stereocenters. The van der Waals surface area contributed by atoms with E-state index in [1.54, 1.807) is 24.3 Å². The number of rotatable bonds is 6. The van der Waals surface area contributed by atoms with Crippen LogP contribution in [0.15, 0.2) is 24.3 Å². The average Bonchev–Trinajstić information content (AvgIpc) is 2.25. The molecule has 8 heteroatoms. The van der Waals surface area contributed by atoms with E-state index in [9.17, 15) is 13.2 Å². The molecule has 0 radical (unpaired) electrons. The molecule has 100 valence electrons. The average molecular weight is 273 g/mol. The van der Waals surface area contributed by atoms with Crippen molar-refractivity contribution in [3.8, 4) is 5.75 Å². The highest BCUT2D eigenvalue weighted by molar-refractivity contribution is 7.89. The second kappa shape index (κ2) is 6.22. The summed E-state index contributed by atoms with van der Waals surface area (Å²) in [4.78, 5) is 11.3. The fourth-order valence-electron chi connectivity index (χ4n) is 1.14. The minimum Gasteiger partial charge on any atom is -0.484 e. The summed E-state index contributed by atoms with van der Waals surface area (Å²) in [6.07, 6.45) is 0. The Labute approximate surface area is 105 Å². The maximum atomic E-state index is 11.3. The third-order valence-corrected chi connectivity index (χ3v) is 2.71. The first kappa shape index (κ1) is 14.3. The van der Waals surface area contributed by atoms with Crippen molar-refractivity contribution in [2.24, 2.45) is 5.14 Å². The Bertz CT molecular complexity index is 516. The van der Waals surface area contributed by atoms with Gasteiger partial charge in [0.2, 0.25) is 10.0 Å². The molecule has 18 heavy (non-hydrogen) atoms. The van der Waals surface area contributed by atoms with Crippen molar-refractivity contribution < 1.29 is 17.9 Å². The van der Waals surface area contributed by atoms with Gasteiger partial charge in [-0.3, -0.25) is 4.79 Å². The molecule has 0 aliphatic heterocycles. The van der Waals surface area contributed by atoms with Crippen LogP contribution in [0.5, 0.6) is 5.75 Å². The molecule has 0 spiro atoms. The molecule has 0 aliphatic carbocycles. The molecule has 1 amide bonds. The van der Waals surface area contributed by atoms with Gasteiger partial charge < -0.3 is 15.8 Å². The predicted octanol–water partition coefficient (Wildman–Crippen LogP) is -0.948. The summed E-state index contributed by atoms with van der Waals surface area (Å²) in [6, 6.07) is 6.63. The first-order valence-corrected chi connectivity index (χ1v) is 6.84. The lowest BCUT2D eigenvalue weighted by molar-refractivity contribution is -0.122. The number of ether oxygens (including phenoxy) is 1. The van der Waals surface area contributed by atoms with Crippen molar-refractivity contribution in [2.75, 3.05) is 24.6 Å². The van der Waals surface area contributed by atoms with Crippen LogP contribution >= 0.6 is 0 Å². The van der Waals surface area contributed by atoms with Crippen molar-refractivity contribution in [1.29, 1.82) is 0 Å². The minimum atomic E-state index is -3.56. The highest BCUT2D eigenvalue weighted by Crippen LogP contribution is 2.13. The molecule has 0 saturated carbocycles. The Morgan fingerprint density at radius 1 is 1.39 bits per heavy atom. The van der Waals surface area contributed by atoms with Gasteiger partial charge in [0.25, 0.3) is 5.91 Å². The molecule has 7 nitrogen and oxygen atoms in total. The van der Waals surface area contributed by atoms with E-state index in [4.69, 9.17) is 15.6 Å². The van der Waals surface area contributed by atoms with Gasteiger partial charge >= 0.3 is 0 Å². The van der Waals surface area contributed by atoms with Crippen LogP contribution in [0.1, 0.15) is 0 Å². The zero-order valence-electron chi connectivity index (χ0n) is 9.63. The molecular formula is C10H15N3O4S. The molecule has 1 aromatic carbocycles. The summed E-state index contributed by atoms with van der Waals surface area (Å²) >= 11 is 0. The third-order valence-electron chi connectivity index (χ3n) is 1.94. The van der Waals surface area contributed by atoms with E-state index in [1.807, 2.05) is 0 Å². The lowest BCUT2D eigenvalue weighted by Gasteiger charge is -2.07. The SMILES string of the molecule is Nc1cccc(OCC(=O)NCCS(N)(=O)=O)c1. The van der Waals surface area contributed by atoms with Crippen LogP contribution in [-0.2, 0) is 14.8 Å². The van der Waals surface area contributed by atoms with Crippen molar-refractivity contribution in [1.82, 2.24) is 5.32 Å². The summed E-state index contributed by atoms with van der Waals surface area (Å²) < 4.78 is 26.4. The summed E-state index contributed by atoms with van der Waals surface area (Å²) in [7, 11) is -3.56. The van der Waals surface area contributed by atoms with Crippen LogP contribution in [0.3, 0.4) is 0 Å². The molecule has 0 bridgehead atoms. The van der Waals surface area contributed by atoms with Gasteiger partial charge in [0, 0.05) is 18.3 Å². The van der Waals surface area contributed by atoms with Gasteiger partial charge in [-0.05, 0) is 12.1 Å². The van der Waals surface area contributed by atoms with Crippen LogP contribution < -0.4 is 20.9 Å². The van der Waals surface area contributed by atoms with Gasteiger partial charge in [0.1, 0.15) is 5.75 Å². The number of amides is 1. The first-order chi connectivity index (χ1) is 8.37. The molecule has 0 aliphatic rings. The van der Waals surface area contributed by atoms with Crippen LogP contribution in [0.4, 0.5) is 5.69 Å². The number of carbonyl (C=O) groups excluding carboxylic acids is 1. The van der Waals surface area contributed by atoms with E-state index in [1.165, 1.54) is 0 Å². The van der Waals surface area contributed by atoms with E-state index in [-0.39, 0.29) is 18.9 Å². The molecule has 5 N–H and O–H groups in total. The number of nitrogens with two attached hydrogens (primary N) is 2. The first-order valence-electron chi connectivity index (χ1n) is 5.12. The Morgan fingerprint density at radius 3 is 2.72 bits per heavy atom. The van der Waals surface area contributed by atoms with Crippen molar-refractivity contribution in [3.63, 3.8) is 0 Å². The zero-order valence-corrected chi connectivity index (χ0v) is 10.4. The number of hydrogen-bond donors (Lipinski definition) is 3. The normalized spacial score (nSPS) is 10.9. The number of carbonyl (C=O) groups is 1. The van der Waals surface area contributed by atoms with E-state index >= 15 is 0 Å². The quantitative estimate of drug-likeness (QED) is 0.576. The molecular weight excluding hydrogens is 258 g/mol. The summed E-state index contributed by atoms with van der Waals surface area (Å²) in [6.45, 7) is -0.258. The maximum Gasteiger partial charge on any atom is 0.257 e. The Hall–Kier alpha value is -1.80. The maximum absolute atomic E-state index is 11.3. The van der Waals surface area contributed by atoms with E-state index in [2.05, 4.69) is 5.32 Å². The van der Waals surface area contributed by atoms with Crippen LogP contribution in [-0.4, -0.2) is 33.2 Å². The molecule has 0 saturated heterocycles. The van der Waals surface area contributed by atoms with Crippen LogP contribution in [0, 0.1) is 0 Å². The standard InChI is InChI=1S/C10H15N3O4S/c11-8-2-1-3-9(6-8)17-7-10(14)13-4-5-18(12,15)16/h1-3,6H,4-5,7,11H2,(H,13,14)(H2,12,15,16). The molecule has 1 rings (SSSR count). The zero-order chi connectivity index (χ0) is 13.6. The molecule has 0 fully saturated rings. The highest BCUT2D eigenvalue weighted by Gasteiger charge is 2.06. The summed E-state index contributed by atoms with van der Waals surface area (Å²) in [5.74, 6) is -0.269. The topological polar surface area (TPSA) is 125 Å². The van der Waals surface area contributed by atoms with Gasteiger partial charge in [-0.1, -0.05) is 6.07 Å². The summed E-state index contributed by atoms with van der Waals surface area (Å²) in [5, 5.41) is 7.15. The third kappa shape index (κ3) is 6.06. The second-order valence-corrected chi connectivity index (χ2v) is 5.31. The van der Waals surface area contributed by atoms with Crippen molar-refractivity contribution in [3.05, 3.63) is 24.3 Å². The van der Waals surface area contributed by atoms with Gasteiger partial charge in [-0.15, -0.1) is 0 Å². The number of nitrogen functional groups attached to an aromatic ring is 1. The minimum absolute atomic E-state index is 0.0437. The fraction of sp³-hybridized carbons (Fsp3) is 0.300. The Morgan fingerprint density at radius 2 is 2.11 bits per heavy atom. The smallest absolute Gasteiger partial charge is 0.257 e. The number of anilines is 1. The Kier molecular flexibility index (Phi) is 4.93. The van der Waals surface area contributed by atoms with E-state index in [0.29, 0.717) is 11.4 Å². The molecule has 0 aromatic heterocycles. The lowest BCUT2D eigenvalue weighted by Crippen LogP contribution is -2.34. The molecule has 1 aromatic rings. The predicted molar refractivity (Wildman–Crippen MR) is 67.3 cm³/mol. The number of benzene rings is 1. The van der Waals surface area contributed by atoms with Gasteiger partial charge in [0.05, 0.1) is 5.75 Å². The van der Waals surface area contributed by atoms with Crippen molar-refractivity contribution in [2.45, 2.75) is 0 Å². The Balaban J connectivity index is 2.29.